The van der Waals surface area contributed by atoms with Crippen LogP contribution >= 0.6 is 0 Å². The highest BCUT2D eigenvalue weighted by molar-refractivity contribution is 5.85. The molecule has 5 nitrogen and oxygen atoms in total. The number of hydrogen-bond donors (Lipinski definition) is 1. The van der Waals surface area contributed by atoms with Crippen LogP contribution in [0.25, 0.3) is 33.2 Å². The normalized spacial score (nSPS) is 12.1. The fourth-order valence-electron chi connectivity index (χ4n) is 2.99. The van der Waals surface area contributed by atoms with Crippen LogP contribution in [0.4, 0.5) is 0 Å². The number of fused-ring (bicyclic) bond motifs is 2. The van der Waals surface area contributed by atoms with Crippen molar-refractivity contribution in [3.63, 3.8) is 0 Å². The van der Waals surface area contributed by atoms with Gasteiger partial charge in [-0.1, -0.05) is 41.3 Å². The van der Waals surface area contributed by atoms with Gasteiger partial charge in [-0.2, -0.15) is 0 Å². The zero-order valence-corrected chi connectivity index (χ0v) is 17.1. The van der Waals surface area contributed by atoms with Gasteiger partial charge < -0.3 is 14.4 Å². The summed E-state index contributed by atoms with van der Waals surface area (Å²) < 4.78 is 6.18. The van der Waals surface area contributed by atoms with Crippen LogP contribution in [-0.2, 0) is 4.84 Å². The first kappa shape index (κ1) is 19.7. The van der Waals surface area contributed by atoms with E-state index in [4.69, 9.17) is 14.4 Å². The van der Waals surface area contributed by atoms with Crippen molar-refractivity contribution in [1.29, 1.82) is 0 Å². The van der Waals surface area contributed by atoms with E-state index in [2.05, 4.69) is 22.0 Å². The molecule has 1 N–H and O–H groups in total. The largest absolute Gasteiger partial charge is 0.454 e. The van der Waals surface area contributed by atoms with Crippen molar-refractivity contribution in [1.82, 2.24) is 4.98 Å². The van der Waals surface area contributed by atoms with Crippen LogP contribution in [0.5, 0.6) is 0 Å². The molecule has 0 aliphatic carbocycles. The van der Waals surface area contributed by atoms with Gasteiger partial charge >= 0.3 is 0 Å². The Morgan fingerprint density at radius 2 is 1.87 bits per heavy atom. The standard InChI is InChI=1S/C25H22N2O3/c1-25(2,3)30-27-21-15-24(22-14-18-8-4-5-9-19(18)16-26-22)29-23-13-17(7-6-12-28)10-11-20(21)23/h4-5,8-11,13-16,28H,12H2,1-3H3. The van der Waals surface area contributed by atoms with Crippen LogP contribution in [0.1, 0.15) is 26.3 Å². The van der Waals surface area contributed by atoms with Crippen LogP contribution in [-0.4, -0.2) is 22.3 Å². The summed E-state index contributed by atoms with van der Waals surface area (Å²) in [6, 6.07) is 17.5. The summed E-state index contributed by atoms with van der Waals surface area (Å²) >= 11 is 0. The third-order valence-electron chi connectivity index (χ3n) is 4.36. The second-order valence-corrected chi connectivity index (χ2v) is 7.88. The Balaban J connectivity index is 1.93. The van der Waals surface area contributed by atoms with Gasteiger partial charge in [0.15, 0.2) is 5.76 Å². The molecule has 0 saturated heterocycles. The quantitative estimate of drug-likeness (QED) is 0.395. The lowest BCUT2D eigenvalue weighted by atomic mass is 10.1. The van der Waals surface area contributed by atoms with E-state index in [1.54, 1.807) is 0 Å². The monoisotopic (exact) mass is 398 g/mol. The number of benzene rings is 2. The number of rotatable bonds is 2. The van der Waals surface area contributed by atoms with Crippen molar-refractivity contribution in [2.75, 3.05) is 6.61 Å². The van der Waals surface area contributed by atoms with E-state index in [9.17, 15) is 0 Å². The summed E-state index contributed by atoms with van der Waals surface area (Å²) in [6.45, 7) is 5.64. The third-order valence-corrected chi connectivity index (χ3v) is 4.36. The Morgan fingerprint density at radius 1 is 1.07 bits per heavy atom. The number of aromatic nitrogens is 1. The molecule has 2 aromatic heterocycles. The van der Waals surface area contributed by atoms with Crippen molar-refractivity contribution in [3.05, 3.63) is 71.7 Å². The number of hydrogen-bond acceptors (Lipinski definition) is 5. The van der Waals surface area contributed by atoms with Crippen molar-refractivity contribution in [3.8, 4) is 23.3 Å². The summed E-state index contributed by atoms with van der Waals surface area (Å²) in [6.07, 6.45) is 1.83. The predicted molar refractivity (Wildman–Crippen MR) is 117 cm³/mol. The molecule has 0 radical (unpaired) electrons. The Bertz CT molecular complexity index is 1350. The molecule has 150 valence electrons. The molecule has 0 aliphatic heterocycles. The van der Waals surface area contributed by atoms with E-state index in [-0.39, 0.29) is 6.61 Å². The van der Waals surface area contributed by atoms with Gasteiger partial charge in [0.05, 0.1) is 0 Å². The van der Waals surface area contributed by atoms with Gasteiger partial charge in [0.2, 0.25) is 0 Å². The van der Waals surface area contributed by atoms with Crippen molar-refractivity contribution in [2.45, 2.75) is 26.4 Å². The van der Waals surface area contributed by atoms with Gasteiger partial charge in [-0.25, -0.2) is 0 Å². The highest BCUT2D eigenvalue weighted by Gasteiger charge is 2.12. The van der Waals surface area contributed by atoms with Crippen molar-refractivity contribution >= 4 is 21.7 Å². The molecule has 0 unspecified atom stereocenters. The van der Waals surface area contributed by atoms with Gasteiger partial charge in [0, 0.05) is 28.6 Å². The lowest BCUT2D eigenvalue weighted by Crippen LogP contribution is -2.18. The highest BCUT2D eigenvalue weighted by Crippen LogP contribution is 2.24. The molecule has 0 aliphatic rings. The number of nitrogens with zero attached hydrogens (tertiary/aromatic N) is 2. The molecule has 2 heterocycles. The predicted octanol–water partition coefficient (Wildman–Crippen LogP) is 4.62. The van der Waals surface area contributed by atoms with Gasteiger partial charge in [0.25, 0.3) is 0 Å². The topological polar surface area (TPSA) is 67.9 Å². The van der Waals surface area contributed by atoms with E-state index < -0.39 is 5.60 Å². The zero-order chi connectivity index (χ0) is 21.1. The fourth-order valence-corrected chi connectivity index (χ4v) is 2.99. The summed E-state index contributed by atoms with van der Waals surface area (Å²) in [4.78, 5) is 10.3. The van der Waals surface area contributed by atoms with E-state index in [1.807, 2.05) is 81.6 Å². The van der Waals surface area contributed by atoms with Crippen LogP contribution < -0.4 is 5.36 Å². The maximum absolute atomic E-state index is 8.97. The Labute approximate surface area is 174 Å². The second-order valence-electron chi connectivity index (χ2n) is 7.88. The summed E-state index contributed by atoms with van der Waals surface area (Å²) in [5.74, 6) is 6.15. The maximum atomic E-state index is 8.97. The Hall–Kier alpha value is -3.62. The lowest BCUT2D eigenvalue weighted by molar-refractivity contribution is -0.00585. The molecule has 0 saturated carbocycles. The number of pyridine rings is 1. The molecule has 4 aromatic rings. The lowest BCUT2D eigenvalue weighted by Gasteiger charge is -2.15. The SMILES string of the molecule is CC(C)(C)ON=c1cc(-c2cc3ccccc3cn2)oc2cc(C#CCO)ccc12. The minimum absolute atomic E-state index is 0.198. The molecule has 2 aromatic carbocycles. The average Bonchev–Trinajstić information content (AvgIpc) is 2.74. The minimum atomic E-state index is -0.423. The molecule has 4 rings (SSSR count). The summed E-state index contributed by atoms with van der Waals surface area (Å²) in [5.41, 5.74) is 1.64. The van der Waals surface area contributed by atoms with Crippen LogP contribution in [0, 0.1) is 11.8 Å². The van der Waals surface area contributed by atoms with Crippen LogP contribution in [0.3, 0.4) is 0 Å². The smallest absolute Gasteiger partial charge is 0.155 e. The van der Waals surface area contributed by atoms with Gasteiger partial charge in [0.1, 0.15) is 28.8 Å². The summed E-state index contributed by atoms with van der Waals surface area (Å²) in [7, 11) is 0. The molecular formula is C25H22N2O3. The van der Waals surface area contributed by atoms with Crippen molar-refractivity contribution in [2.24, 2.45) is 5.16 Å². The fraction of sp³-hybridized carbons (Fsp3) is 0.200. The molecule has 0 bridgehead atoms. The van der Waals surface area contributed by atoms with E-state index >= 15 is 0 Å². The van der Waals surface area contributed by atoms with Gasteiger partial charge in [-0.05, 0) is 50.4 Å². The molecule has 0 atom stereocenters. The number of aliphatic hydroxyl groups excluding tert-OH is 1. The van der Waals surface area contributed by atoms with Gasteiger partial charge in [-0.3, -0.25) is 4.98 Å². The first-order valence-corrected chi connectivity index (χ1v) is 9.68. The van der Waals surface area contributed by atoms with Crippen LogP contribution in [0.2, 0.25) is 0 Å². The minimum Gasteiger partial charge on any atom is -0.454 e. The maximum Gasteiger partial charge on any atom is 0.155 e. The molecule has 0 amide bonds. The second kappa shape index (κ2) is 8.02. The Kier molecular flexibility index (Phi) is 5.26. The van der Waals surface area contributed by atoms with Crippen LogP contribution in [0.15, 0.2) is 70.4 Å². The van der Waals surface area contributed by atoms with E-state index in [0.29, 0.717) is 22.4 Å². The number of aliphatic hydroxyl groups is 1. The molecule has 30 heavy (non-hydrogen) atoms. The molecular weight excluding hydrogens is 376 g/mol. The Morgan fingerprint density at radius 3 is 2.63 bits per heavy atom. The summed E-state index contributed by atoms with van der Waals surface area (Å²) in [5, 5.41) is 16.9. The van der Waals surface area contributed by atoms with Crippen molar-refractivity contribution < 1.29 is 14.4 Å². The molecule has 0 spiro atoms. The average molecular weight is 398 g/mol. The molecule has 5 heteroatoms. The van der Waals surface area contributed by atoms with E-state index in [0.717, 1.165) is 21.7 Å². The zero-order valence-electron chi connectivity index (χ0n) is 17.1. The first-order valence-electron chi connectivity index (χ1n) is 9.68. The highest BCUT2D eigenvalue weighted by atomic mass is 16.6. The van der Waals surface area contributed by atoms with Gasteiger partial charge in [-0.15, -0.1) is 0 Å². The third kappa shape index (κ3) is 4.35. The molecule has 0 fully saturated rings. The van der Waals surface area contributed by atoms with E-state index in [1.165, 1.54) is 0 Å². The first-order chi connectivity index (χ1) is 14.4.